The van der Waals surface area contributed by atoms with Crippen LogP contribution in [0.5, 0.6) is 0 Å². The second-order valence-corrected chi connectivity index (χ2v) is 6.51. The number of pyridine rings is 1. The Hall–Kier alpha value is -2.95. The quantitative estimate of drug-likeness (QED) is 0.341. The fraction of sp³-hybridized carbons (Fsp3) is 0.167. The molecule has 1 radical (unpaired) electrons. The van der Waals surface area contributed by atoms with Gasteiger partial charge in [-0.3, -0.25) is 4.98 Å². The first-order valence-electron chi connectivity index (χ1n) is 9.46. The molecule has 6 heteroatoms. The molecule has 0 aliphatic heterocycles. The molecule has 2 aromatic heterocycles. The fourth-order valence-corrected chi connectivity index (χ4v) is 3.00. The van der Waals surface area contributed by atoms with E-state index in [1.807, 2.05) is 25.3 Å². The molecule has 0 saturated heterocycles. The Kier molecular flexibility index (Phi) is 8.78. The molecular formula is C24H22IrN3O2-. The van der Waals surface area contributed by atoms with Gasteiger partial charge in [0.15, 0.2) is 0 Å². The molecule has 0 spiro atoms. The molecule has 2 heterocycles. The Bertz CT molecular complexity index is 1110. The van der Waals surface area contributed by atoms with Crippen LogP contribution in [0.15, 0.2) is 67.0 Å². The summed E-state index contributed by atoms with van der Waals surface area (Å²) in [6.07, 6.45) is 5.41. The van der Waals surface area contributed by atoms with Crippen LogP contribution in [0.3, 0.4) is 0 Å². The van der Waals surface area contributed by atoms with Crippen LogP contribution in [0.25, 0.3) is 22.0 Å². The Morgan fingerprint density at radius 1 is 1.07 bits per heavy atom. The number of aryl methyl sites for hydroxylation is 2. The first-order valence-corrected chi connectivity index (χ1v) is 9.46. The topological polar surface area (TPSA) is 76.0 Å². The summed E-state index contributed by atoms with van der Waals surface area (Å²) in [5.74, 6) is -0.990. The van der Waals surface area contributed by atoms with E-state index >= 15 is 0 Å². The van der Waals surface area contributed by atoms with Crippen molar-refractivity contribution in [3.63, 3.8) is 0 Å². The molecule has 155 valence electrons. The van der Waals surface area contributed by atoms with Crippen molar-refractivity contribution >= 4 is 16.7 Å². The van der Waals surface area contributed by atoms with Gasteiger partial charge in [-0.15, -0.1) is 29.1 Å². The predicted molar refractivity (Wildman–Crippen MR) is 114 cm³/mol. The van der Waals surface area contributed by atoms with Crippen molar-refractivity contribution < 1.29 is 30.0 Å². The molecule has 0 fully saturated rings. The van der Waals surface area contributed by atoms with E-state index < -0.39 is 5.97 Å². The van der Waals surface area contributed by atoms with Crippen LogP contribution in [0, 0.1) is 13.0 Å². The maximum Gasteiger partial charge on any atom is 0.354 e. The van der Waals surface area contributed by atoms with Gasteiger partial charge in [0.1, 0.15) is 5.69 Å². The molecule has 2 aromatic carbocycles. The molecule has 1 N–H and O–H groups in total. The minimum atomic E-state index is -0.990. The van der Waals surface area contributed by atoms with Crippen LogP contribution in [-0.4, -0.2) is 26.0 Å². The van der Waals surface area contributed by atoms with E-state index in [0.29, 0.717) is 0 Å². The maximum absolute atomic E-state index is 10.1. The summed E-state index contributed by atoms with van der Waals surface area (Å²) >= 11 is 0. The summed E-state index contributed by atoms with van der Waals surface area (Å²) in [7, 11) is 0. The van der Waals surface area contributed by atoms with E-state index in [-0.39, 0.29) is 25.8 Å². The second kappa shape index (κ2) is 11.3. The van der Waals surface area contributed by atoms with Gasteiger partial charge in [0, 0.05) is 43.9 Å². The third-order valence-electron chi connectivity index (χ3n) is 4.34. The minimum absolute atomic E-state index is 0. The molecule has 0 aliphatic rings. The van der Waals surface area contributed by atoms with Gasteiger partial charge in [-0.2, -0.15) is 0 Å². The number of benzene rings is 2. The maximum atomic E-state index is 10.1. The zero-order valence-electron chi connectivity index (χ0n) is 16.8. The van der Waals surface area contributed by atoms with Crippen LogP contribution >= 0.6 is 0 Å². The van der Waals surface area contributed by atoms with Gasteiger partial charge >= 0.3 is 5.97 Å². The molecule has 0 unspecified atom stereocenters. The van der Waals surface area contributed by atoms with E-state index in [9.17, 15) is 4.79 Å². The summed E-state index contributed by atoms with van der Waals surface area (Å²) < 4.78 is 0. The van der Waals surface area contributed by atoms with Crippen LogP contribution in [0.1, 0.15) is 35.2 Å². The summed E-state index contributed by atoms with van der Waals surface area (Å²) in [5, 5.41) is 10.7. The average Bonchev–Trinajstić information content (AvgIpc) is 2.75. The van der Waals surface area contributed by atoms with Crippen molar-refractivity contribution in [1.82, 2.24) is 15.0 Å². The largest absolute Gasteiger partial charge is 0.477 e. The average molecular weight is 577 g/mol. The van der Waals surface area contributed by atoms with E-state index in [4.69, 9.17) is 5.11 Å². The molecule has 30 heavy (non-hydrogen) atoms. The second-order valence-electron chi connectivity index (χ2n) is 6.51. The van der Waals surface area contributed by atoms with Gasteiger partial charge in [-0.05, 0) is 25.5 Å². The molecule has 0 atom stereocenters. The number of carboxylic acid groups (broad SMARTS) is 1. The van der Waals surface area contributed by atoms with Crippen molar-refractivity contribution in [2.45, 2.75) is 26.7 Å². The third kappa shape index (κ3) is 5.78. The van der Waals surface area contributed by atoms with Gasteiger partial charge in [-0.1, -0.05) is 49.1 Å². The molecule has 4 aromatic rings. The van der Waals surface area contributed by atoms with E-state index in [2.05, 4.69) is 52.2 Å². The molecule has 5 nitrogen and oxygen atoms in total. The van der Waals surface area contributed by atoms with Gasteiger partial charge in [0.2, 0.25) is 0 Å². The van der Waals surface area contributed by atoms with E-state index in [0.717, 1.165) is 35.5 Å². The van der Waals surface area contributed by atoms with Crippen molar-refractivity contribution in [2.75, 3.05) is 0 Å². The standard InChI is InChI=1S/C18H17N2.C6H5NO2.Ir/c1-3-7-15-12-19-18(13(2)20-15)17-11-6-9-14-8-4-5-10-16(14)17;8-6(9)5-3-1-2-4-7-5;/h4-6,8-10,12H,3,7H2,1-2H3;1-4H,(H,8,9);/q-1;;. The number of hydrogen-bond acceptors (Lipinski definition) is 4. The van der Waals surface area contributed by atoms with Crippen molar-refractivity contribution in [3.8, 4) is 11.3 Å². The summed E-state index contributed by atoms with van der Waals surface area (Å²) in [5.41, 5.74) is 4.09. The number of fused-ring (bicyclic) bond motifs is 1. The van der Waals surface area contributed by atoms with E-state index in [1.54, 1.807) is 12.1 Å². The molecule has 0 saturated carbocycles. The molecule has 0 aliphatic carbocycles. The monoisotopic (exact) mass is 577 g/mol. The summed E-state index contributed by atoms with van der Waals surface area (Å²) in [6.45, 7) is 4.18. The Morgan fingerprint density at radius 2 is 1.83 bits per heavy atom. The molecule has 4 rings (SSSR count). The van der Waals surface area contributed by atoms with Crippen LogP contribution in [0.4, 0.5) is 0 Å². The predicted octanol–water partition coefficient (Wildman–Crippen LogP) is 5.14. The van der Waals surface area contributed by atoms with Crippen molar-refractivity contribution in [3.05, 3.63) is 90.1 Å². The zero-order valence-corrected chi connectivity index (χ0v) is 19.2. The van der Waals surface area contributed by atoms with Crippen molar-refractivity contribution in [2.24, 2.45) is 0 Å². The number of carbonyl (C=O) groups is 1. The summed E-state index contributed by atoms with van der Waals surface area (Å²) in [4.78, 5) is 23.0. The van der Waals surface area contributed by atoms with E-state index in [1.165, 1.54) is 23.0 Å². The van der Waals surface area contributed by atoms with Gasteiger partial charge in [0.05, 0.1) is 5.69 Å². The first-order chi connectivity index (χ1) is 14.1. The minimum Gasteiger partial charge on any atom is -0.477 e. The Morgan fingerprint density at radius 3 is 2.47 bits per heavy atom. The first kappa shape index (κ1) is 23.3. The Labute approximate surface area is 189 Å². The van der Waals surface area contributed by atoms with Crippen LogP contribution in [0.2, 0.25) is 0 Å². The van der Waals surface area contributed by atoms with Crippen LogP contribution in [-0.2, 0) is 26.5 Å². The third-order valence-corrected chi connectivity index (χ3v) is 4.34. The molecule has 0 amide bonds. The zero-order chi connectivity index (χ0) is 20.6. The number of nitrogens with zero attached hydrogens (tertiary/aromatic N) is 3. The number of hydrogen-bond donors (Lipinski definition) is 1. The van der Waals surface area contributed by atoms with Gasteiger partial charge in [-0.25, -0.2) is 9.78 Å². The number of carboxylic acids is 1. The molecule has 0 bridgehead atoms. The van der Waals surface area contributed by atoms with Crippen LogP contribution < -0.4 is 0 Å². The Balaban J connectivity index is 0.000000272. The SMILES string of the molecule is CCCc1cnc(-c2[c-]ccc3ccccc23)c(C)n1.O=C(O)c1ccccn1.[Ir]. The number of aromatic carboxylic acids is 1. The van der Waals surface area contributed by atoms with Gasteiger partial charge in [0.25, 0.3) is 0 Å². The normalized spacial score (nSPS) is 9.93. The smallest absolute Gasteiger partial charge is 0.354 e. The number of aromatic nitrogens is 3. The summed E-state index contributed by atoms with van der Waals surface area (Å²) in [6, 6.07) is 20.4. The van der Waals surface area contributed by atoms with Gasteiger partial charge < -0.3 is 10.1 Å². The van der Waals surface area contributed by atoms with Crippen molar-refractivity contribution in [1.29, 1.82) is 0 Å². The fourth-order valence-electron chi connectivity index (χ4n) is 3.00. The number of rotatable bonds is 4. The molecular weight excluding hydrogens is 555 g/mol.